The first kappa shape index (κ1) is 27.1. The van der Waals surface area contributed by atoms with Gasteiger partial charge in [-0.2, -0.15) is 0 Å². The van der Waals surface area contributed by atoms with Gasteiger partial charge in [0.2, 0.25) is 14.2 Å². The van der Waals surface area contributed by atoms with Gasteiger partial charge in [0.15, 0.2) is 11.5 Å². The number of oxazole rings is 1. The highest BCUT2D eigenvalue weighted by molar-refractivity contribution is 6.74. The van der Waals surface area contributed by atoms with Crippen LogP contribution in [0.3, 0.4) is 0 Å². The lowest BCUT2D eigenvalue weighted by atomic mass is 10.0. The van der Waals surface area contributed by atoms with Crippen molar-refractivity contribution in [3.8, 4) is 28.3 Å². The first-order valence-electron chi connectivity index (χ1n) is 12.8. The molecule has 0 aliphatic heterocycles. The maximum atomic E-state index is 13.9. The van der Waals surface area contributed by atoms with Crippen molar-refractivity contribution in [2.45, 2.75) is 38.9 Å². The smallest absolute Gasteiger partial charge is 0.250 e. The number of carbonyl (C=O) groups is 1. The number of allylic oxidation sites excluding steroid dienone is 1. The summed E-state index contributed by atoms with van der Waals surface area (Å²) in [5.74, 6) is 1.42. The zero-order valence-electron chi connectivity index (χ0n) is 23.3. The van der Waals surface area contributed by atoms with E-state index in [4.69, 9.17) is 13.8 Å². The molecule has 0 spiro atoms. The molecule has 0 aliphatic carbocycles. The van der Waals surface area contributed by atoms with E-state index in [1.165, 1.54) is 0 Å². The second kappa shape index (κ2) is 10.8. The SMILES string of the molecule is CN(C)/C=C(\C(=O)c1cccc(O[Si](C)(C)C(C)(C)C)c1)c1nc(-c2ccccc2)c(-c2ccccc2)o1. The monoisotopic (exact) mass is 524 g/mol. The summed E-state index contributed by atoms with van der Waals surface area (Å²) in [5.41, 5.74) is 3.41. The van der Waals surface area contributed by atoms with Crippen molar-refractivity contribution in [1.82, 2.24) is 9.88 Å². The molecule has 0 N–H and O–H groups in total. The Morgan fingerprint density at radius 3 is 2.08 bits per heavy atom. The Bertz CT molecular complexity index is 1380. The van der Waals surface area contributed by atoms with Crippen LogP contribution in [-0.4, -0.2) is 38.1 Å². The van der Waals surface area contributed by atoms with Crippen molar-refractivity contribution in [3.05, 3.63) is 103 Å². The van der Waals surface area contributed by atoms with E-state index in [-0.39, 0.29) is 16.7 Å². The summed E-state index contributed by atoms with van der Waals surface area (Å²) < 4.78 is 12.8. The quantitative estimate of drug-likeness (QED) is 0.132. The van der Waals surface area contributed by atoms with Gasteiger partial charge < -0.3 is 13.7 Å². The maximum absolute atomic E-state index is 13.9. The third-order valence-corrected chi connectivity index (χ3v) is 11.2. The van der Waals surface area contributed by atoms with Gasteiger partial charge in [-0.05, 0) is 30.3 Å². The molecule has 0 bridgehead atoms. The predicted molar refractivity (Wildman–Crippen MR) is 158 cm³/mol. The molecule has 0 aliphatic rings. The largest absolute Gasteiger partial charge is 0.543 e. The van der Waals surface area contributed by atoms with Gasteiger partial charge in [0.1, 0.15) is 17.0 Å². The predicted octanol–water partition coefficient (Wildman–Crippen LogP) is 8.18. The molecule has 4 rings (SSSR count). The van der Waals surface area contributed by atoms with Crippen molar-refractivity contribution in [1.29, 1.82) is 0 Å². The number of benzene rings is 3. The fourth-order valence-electron chi connectivity index (χ4n) is 3.79. The van der Waals surface area contributed by atoms with Gasteiger partial charge in [0.25, 0.3) is 0 Å². The van der Waals surface area contributed by atoms with Crippen molar-refractivity contribution in [2.75, 3.05) is 14.1 Å². The molecule has 6 heteroatoms. The van der Waals surface area contributed by atoms with E-state index < -0.39 is 8.32 Å². The lowest BCUT2D eigenvalue weighted by Crippen LogP contribution is -2.43. The number of ketones is 1. The van der Waals surface area contributed by atoms with Crippen LogP contribution in [0.1, 0.15) is 37.0 Å². The average Bonchev–Trinajstić information content (AvgIpc) is 3.32. The molecular weight excluding hydrogens is 488 g/mol. The summed E-state index contributed by atoms with van der Waals surface area (Å²) in [5, 5.41) is 0.0444. The van der Waals surface area contributed by atoms with Crippen molar-refractivity contribution >= 4 is 19.7 Å². The highest BCUT2D eigenvalue weighted by Gasteiger charge is 2.39. The fourth-order valence-corrected chi connectivity index (χ4v) is 4.81. The van der Waals surface area contributed by atoms with Gasteiger partial charge in [-0.1, -0.05) is 93.6 Å². The highest BCUT2D eigenvalue weighted by Crippen LogP contribution is 2.38. The van der Waals surface area contributed by atoms with Gasteiger partial charge >= 0.3 is 0 Å². The highest BCUT2D eigenvalue weighted by atomic mass is 28.4. The second-order valence-corrected chi connectivity index (χ2v) is 15.9. The number of rotatable bonds is 8. The molecule has 0 atom stereocenters. The van der Waals surface area contributed by atoms with E-state index in [1.807, 2.05) is 104 Å². The van der Waals surface area contributed by atoms with Gasteiger partial charge in [-0.15, -0.1) is 0 Å². The molecule has 1 heterocycles. The summed E-state index contributed by atoms with van der Waals surface area (Å²) in [4.78, 5) is 20.6. The molecule has 5 nitrogen and oxygen atoms in total. The van der Waals surface area contributed by atoms with Crippen LogP contribution in [0.25, 0.3) is 28.2 Å². The topological polar surface area (TPSA) is 55.6 Å². The van der Waals surface area contributed by atoms with Gasteiger partial charge in [-0.25, -0.2) is 4.98 Å². The molecular formula is C32H36N2O3Si. The number of hydrogen-bond acceptors (Lipinski definition) is 5. The minimum Gasteiger partial charge on any atom is -0.543 e. The maximum Gasteiger partial charge on any atom is 0.250 e. The molecule has 4 aromatic rings. The van der Waals surface area contributed by atoms with E-state index in [0.717, 1.165) is 11.1 Å². The van der Waals surface area contributed by atoms with E-state index in [1.54, 1.807) is 6.20 Å². The van der Waals surface area contributed by atoms with Gasteiger partial charge in [-0.3, -0.25) is 4.79 Å². The van der Waals surface area contributed by atoms with Crippen LogP contribution in [0.5, 0.6) is 5.75 Å². The van der Waals surface area contributed by atoms with Gasteiger partial charge in [0.05, 0.1) is 0 Å². The van der Waals surface area contributed by atoms with Crippen LogP contribution in [0, 0.1) is 0 Å². The van der Waals surface area contributed by atoms with Crippen molar-refractivity contribution in [3.63, 3.8) is 0 Å². The van der Waals surface area contributed by atoms with Crippen molar-refractivity contribution in [2.24, 2.45) is 0 Å². The number of carbonyl (C=O) groups excluding carboxylic acids is 1. The first-order chi connectivity index (χ1) is 18.0. The Kier molecular flexibility index (Phi) is 7.74. The summed E-state index contributed by atoms with van der Waals surface area (Å²) >= 11 is 0. The minimum absolute atomic E-state index is 0.0444. The fraction of sp³-hybridized carbons (Fsp3) is 0.250. The molecule has 0 radical (unpaired) electrons. The Labute approximate surface area is 226 Å². The molecule has 1 aromatic heterocycles. The molecule has 0 amide bonds. The molecule has 0 fully saturated rings. The Balaban J connectivity index is 1.79. The molecule has 0 saturated carbocycles. The molecule has 0 unspecified atom stereocenters. The average molecular weight is 525 g/mol. The summed E-state index contributed by atoms with van der Waals surface area (Å²) in [7, 11) is 1.69. The van der Waals surface area contributed by atoms with Crippen LogP contribution >= 0.6 is 0 Å². The number of nitrogens with zero attached hydrogens (tertiary/aromatic N) is 2. The summed E-state index contributed by atoms with van der Waals surface area (Å²) in [6, 6.07) is 27.1. The third kappa shape index (κ3) is 5.97. The van der Waals surface area contributed by atoms with Crippen LogP contribution < -0.4 is 4.43 Å². The van der Waals surface area contributed by atoms with E-state index >= 15 is 0 Å². The van der Waals surface area contributed by atoms with Crippen molar-refractivity contribution < 1.29 is 13.6 Å². The molecule has 38 heavy (non-hydrogen) atoms. The van der Waals surface area contributed by atoms with Crippen LogP contribution in [-0.2, 0) is 0 Å². The standard InChI is InChI=1S/C32H36N2O3Si/c1-32(2,3)38(6,7)37-26-20-14-19-25(21-26)29(35)27(22-34(4)5)31-33-28(23-15-10-8-11-16-23)30(36-31)24-17-12-9-13-18-24/h8-22H,1-7H3/b27-22+. The Hall–Kier alpha value is -3.90. The summed E-state index contributed by atoms with van der Waals surface area (Å²) in [6.07, 6.45) is 1.76. The molecule has 196 valence electrons. The lowest BCUT2D eigenvalue weighted by molar-refractivity contribution is 0.105. The molecule has 3 aromatic carbocycles. The zero-order valence-corrected chi connectivity index (χ0v) is 24.3. The number of aromatic nitrogens is 1. The Morgan fingerprint density at radius 1 is 0.895 bits per heavy atom. The normalized spacial score (nSPS) is 12.3. The van der Waals surface area contributed by atoms with Crippen LogP contribution in [0.2, 0.25) is 18.1 Å². The van der Waals surface area contributed by atoms with Gasteiger partial charge in [0, 0.05) is 37.0 Å². The molecule has 0 saturated heterocycles. The van der Waals surface area contributed by atoms with Crippen LogP contribution in [0.4, 0.5) is 0 Å². The lowest BCUT2D eigenvalue weighted by Gasteiger charge is -2.36. The minimum atomic E-state index is -2.06. The zero-order chi connectivity index (χ0) is 27.5. The summed E-state index contributed by atoms with van der Waals surface area (Å²) in [6.45, 7) is 11.0. The Morgan fingerprint density at radius 2 is 1.50 bits per heavy atom. The second-order valence-electron chi connectivity index (χ2n) is 11.2. The van der Waals surface area contributed by atoms with E-state index in [2.05, 4.69) is 33.9 Å². The number of hydrogen-bond donors (Lipinski definition) is 0. The van der Waals surface area contributed by atoms with Crippen LogP contribution in [0.15, 0.2) is 95.5 Å². The first-order valence-corrected chi connectivity index (χ1v) is 15.7. The number of Topliss-reactive ketones (excluding diaryl/α,β-unsaturated/α-hetero) is 1. The van der Waals surface area contributed by atoms with E-state index in [9.17, 15) is 4.79 Å². The third-order valence-electron chi connectivity index (χ3n) is 6.85. The van der Waals surface area contributed by atoms with E-state index in [0.29, 0.717) is 28.3 Å².